The predicted octanol–water partition coefficient (Wildman–Crippen LogP) is 2.24. The molecular formula is C15H11N5Se. The molecule has 21 heavy (non-hydrogen) atoms. The Morgan fingerprint density at radius 2 is 1.76 bits per heavy atom. The zero-order valence-corrected chi connectivity index (χ0v) is 12.7. The molecule has 0 aliphatic carbocycles. The molecule has 4 rings (SSSR count). The molecule has 0 saturated carbocycles. The summed E-state index contributed by atoms with van der Waals surface area (Å²) < 4.78 is 8.84. The molecule has 2 aromatic heterocycles. The van der Waals surface area contributed by atoms with Crippen molar-refractivity contribution < 1.29 is 0 Å². The van der Waals surface area contributed by atoms with Crippen LogP contribution in [0.1, 0.15) is 5.69 Å². The van der Waals surface area contributed by atoms with Crippen LogP contribution in [0.2, 0.25) is 0 Å². The third kappa shape index (κ3) is 2.39. The van der Waals surface area contributed by atoms with E-state index in [1.807, 2.05) is 48.7 Å². The zero-order chi connectivity index (χ0) is 14.1. The topological polar surface area (TPSA) is 63.6 Å². The maximum atomic E-state index is 4.61. The van der Waals surface area contributed by atoms with Gasteiger partial charge in [0.25, 0.3) is 0 Å². The second-order valence-electron chi connectivity index (χ2n) is 4.64. The fraction of sp³-hybridized carbons (Fsp3) is 0.0667. The Balaban J connectivity index is 1.61. The van der Waals surface area contributed by atoms with Crippen molar-refractivity contribution >= 4 is 42.7 Å². The van der Waals surface area contributed by atoms with E-state index in [0.29, 0.717) is 6.54 Å². The van der Waals surface area contributed by atoms with Crippen LogP contribution in [0.3, 0.4) is 0 Å². The molecule has 0 aliphatic rings. The number of anilines is 1. The summed E-state index contributed by atoms with van der Waals surface area (Å²) in [6, 6.07) is 13.9. The van der Waals surface area contributed by atoms with E-state index in [-0.39, 0.29) is 15.0 Å². The van der Waals surface area contributed by atoms with Gasteiger partial charge in [-0.2, -0.15) is 0 Å². The van der Waals surface area contributed by atoms with Crippen molar-refractivity contribution in [2.24, 2.45) is 0 Å². The molecule has 0 fully saturated rings. The van der Waals surface area contributed by atoms with Crippen LogP contribution in [-0.4, -0.2) is 32.9 Å². The summed E-state index contributed by atoms with van der Waals surface area (Å²) in [5, 5.41) is 3.38. The summed E-state index contributed by atoms with van der Waals surface area (Å²) in [5.41, 5.74) is 5.68. The minimum atomic E-state index is -0.0110. The van der Waals surface area contributed by atoms with Gasteiger partial charge >= 0.3 is 127 Å². The predicted molar refractivity (Wildman–Crippen MR) is 83.3 cm³/mol. The standard InChI is InChI=1S/C15H11N5Se/c1-2-5-12-11(4-1)16-8-10(18-12)9-17-13-6-3-7-14-15(13)20-21-19-14/h1-8,17H,9H2. The summed E-state index contributed by atoms with van der Waals surface area (Å²) >= 11 is -0.0110. The number of nitrogens with zero attached hydrogens (tertiary/aromatic N) is 4. The van der Waals surface area contributed by atoms with Gasteiger partial charge in [0.1, 0.15) is 0 Å². The van der Waals surface area contributed by atoms with Gasteiger partial charge in [-0.05, 0) is 0 Å². The van der Waals surface area contributed by atoms with E-state index in [0.717, 1.165) is 33.4 Å². The van der Waals surface area contributed by atoms with Crippen molar-refractivity contribution in [1.82, 2.24) is 17.9 Å². The first kappa shape index (κ1) is 12.4. The van der Waals surface area contributed by atoms with Crippen LogP contribution in [-0.2, 0) is 6.54 Å². The normalized spacial score (nSPS) is 11.0. The van der Waals surface area contributed by atoms with Crippen molar-refractivity contribution in [3.8, 4) is 0 Å². The van der Waals surface area contributed by atoms with Crippen LogP contribution < -0.4 is 5.32 Å². The van der Waals surface area contributed by atoms with Crippen molar-refractivity contribution in [3.05, 3.63) is 54.4 Å². The molecule has 5 nitrogen and oxygen atoms in total. The molecular weight excluding hydrogens is 329 g/mol. The molecule has 0 atom stereocenters. The second kappa shape index (κ2) is 5.24. The van der Waals surface area contributed by atoms with Gasteiger partial charge in [0.2, 0.25) is 0 Å². The SMILES string of the molecule is c1ccc2nc(CNc3cccc4n[se]nc34)cnc2c1. The van der Waals surface area contributed by atoms with Gasteiger partial charge in [-0.15, -0.1) is 0 Å². The Morgan fingerprint density at radius 3 is 2.71 bits per heavy atom. The third-order valence-corrected chi connectivity index (χ3v) is 4.38. The fourth-order valence-electron chi connectivity index (χ4n) is 2.22. The Bertz CT molecular complexity index is 918. The Labute approximate surface area is 127 Å². The third-order valence-electron chi connectivity index (χ3n) is 3.24. The van der Waals surface area contributed by atoms with Gasteiger partial charge in [0.15, 0.2) is 0 Å². The van der Waals surface area contributed by atoms with Crippen LogP contribution >= 0.6 is 0 Å². The van der Waals surface area contributed by atoms with Crippen LogP contribution in [0, 0.1) is 0 Å². The summed E-state index contributed by atoms with van der Waals surface area (Å²) in [6.07, 6.45) is 1.81. The van der Waals surface area contributed by atoms with Crippen LogP contribution in [0.25, 0.3) is 22.1 Å². The van der Waals surface area contributed by atoms with Crippen LogP contribution in [0.5, 0.6) is 0 Å². The molecule has 2 aromatic carbocycles. The molecule has 0 spiro atoms. The van der Waals surface area contributed by atoms with E-state index >= 15 is 0 Å². The molecule has 0 radical (unpaired) electrons. The Morgan fingerprint density at radius 1 is 0.905 bits per heavy atom. The van der Waals surface area contributed by atoms with E-state index in [1.165, 1.54) is 0 Å². The van der Waals surface area contributed by atoms with Gasteiger partial charge in [-0.3, -0.25) is 0 Å². The second-order valence-corrected chi connectivity index (χ2v) is 5.75. The van der Waals surface area contributed by atoms with Gasteiger partial charge < -0.3 is 0 Å². The minimum absolute atomic E-state index is 0.0110. The number of benzene rings is 2. The van der Waals surface area contributed by atoms with Gasteiger partial charge in [-0.1, -0.05) is 0 Å². The number of nitrogens with one attached hydrogen (secondary N) is 1. The number of aromatic nitrogens is 4. The van der Waals surface area contributed by atoms with E-state index in [2.05, 4.69) is 23.2 Å². The van der Waals surface area contributed by atoms with Crippen molar-refractivity contribution in [1.29, 1.82) is 0 Å². The fourth-order valence-corrected chi connectivity index (χ4v) is 3.37. The average Bonchev–Trinajstić information content (AvgIpc) is 3.02. The molecule has 0 unspecified atom stereocenters. The number of fused-ring (bicyclic) bond motifs is 2. The molecule has 0 amide bonds. The van der Waals surface area contributed by atoms with Crippen molar-refractivity contribution in [2.45, 2.75) is 6.54 Å². The molecule has 0 aliphatic heterocycles. The van der Waals surface area contributed by atoms with E-state index in [4.69, 9.17) is 0 Å². The summed E-state index contributed by atoms with van der Waals surface area (Å²) in [4.78, 5) is 9.03. The van der Waals surface area contributed by atoms with Gasteiger partial charge in [0.05, 0.1) is 0 Å². The van der Waals surface area contributed by atoms with Crippen molar-refractivity contribution in [2.75, 3.05) is 5.32 Å². The number of hydrogen-bond acceptors (Lipinski definition) is 5. The molecule has 0 bridgehead atoms. The summed E-state index contributed by atoms with van der Waals surface area (Å²) in [6.45, 7) is 0.622. The summed E-state index contributed by atoms with van der Waals surface area (Å²) in [7, 11) is 0. The molecule has 4 aromatic rings. The first-order valence-corrected chi connectivity index (χ1v) is 8.09. The molecule has 102 valence electrons. The molecule has 2 heterocycles. The van der Waals surface area contributed by atoms with Gasteiger partial charge in [-0.25, -0.2) is 0 Å². The summed E-state index contributed by atoms with van der Waals surface area (Å²) in [5.74, 6) is 0. The van der Waals surface area contributed by atoms with E-state index < -0.39 is 0 Å². The van der Waals surface area contributed by atoms with Crippen molar-refractivity contribution in [3.63, 3.8) is 0 Å². The molecule has 0 saturated heterocycles. The van der Waals surface area contributed by atoms with Crippen LogP contribution in [0.4, 0.5) is 5.69 Å². The maximum absolute atomic E-state index is 4.61. The monoisotopic (exact) mass is 341 g/mol. The van der Waals surface area contributed by atoms with Crippen LogP contribution in [0.15, 0.2) is 48.7 Å². The number of hydrogen-bond donors (Lipinski definition) is 1. The first-order valence-electron chi connectivity index (χ1n) is 6.56. The van der Waals surface area contributed by atoms with E-state index in [1.54, 1.807) is 0 Å². The zero-order valence-electron chi connectivity index (χ0n) is 11.0. The number of para-hydroxylation sites is 2. The Kier molecular flexibility index (Phi) is 3.10. The van der Waals surface area contributed by atoms with Gasteiger partial charge in [0, 0.05) is 0 Å². The molecule has 6 heteroatoms. The Hall–Kier alpha value is -2.30. The number of rotatable bonds is 3. The molecule has 1 N–H and O–H groups in total. The quantitative estimate of drug-likeness (QED) is 0.580. The average molecular weight is 340 g/mol. The first-order chi connectivity index (χ1) is 10.4. The van der Waals surface area contributed by atoms with E-state index in [9.17, 15) is 0 Å².